The van der Waals surface area contributed by atoms with E-state index >= 15 is 0 Å². The van der Waals surface area contributed by atoms with Gasteiger partial charge in [0.1, 0.15) is 0 Å². The van der Waals surface area contributed by atoms with Crippen LogP contribution in [0.15, 0.2) is 28.8 Å². The molecular weight excluding hydrogens is 368 g/mol. The Morgan fingerprint density at radius 3 is 2.67 bits per heavy atom. The number of carbonyl (C=O) groups excluding carboxylic acids is 3. The predicted molar refractivity (Wildman–Crippen MR) is 101 cm³/mol. The number of rotatable bonds is 5. The minimum atomic E-state index is -0.418. The number of nitrogens with zero attached hydrogens (tertiary/aromatic N) is 2. The molecule has 1 aromatic heterocycles. The molecule has 2 aliphatic rings. The molecule has 3 amide bonds. The Labute approximate surface area is 162 Å². The molecule has 1 saturated heterocycles. The van der Waals surface area contributed by atoms with Crippen LogP contribution in [0, 0.1) is 0 Å². The second-order valence-corrected chi connectivity index (χ2v) is 7.43. The molecule has 0 bridgehead atoms. The van der Waals surface area contributed by atoms with Gasteiger partial charge in [0.25, 0.3) is 5.91 Å². The van der Waals surface area contributed by atoms with Crippen molar-refractivity contribution in [2.45, 2.75) is 19.9 Å². The molecule has 2 N–H and O–H groups in total. The van der Waals surface area contributed by atoms with Crippen molar-refractivity contribution in [3.05, 3.63) is 33.7 Å². The van der Waals surface area contributed by atoms with E-state index in [4.69, 9.17) is 4.74 Å². The van der Waals surface area contributed by atoms with Gasteiger partial charge in [-0.05, 0) is 25.3 Å². The van der Waals surface area contributed by atoms with E-state index in [2.05, 4.69) is 15.5 Å². The molecule has 146 valence electrons. The molecule has 1 fully saturated rings. The fourth-order valence-electron chi connectivity index (χ4n) is 3.29. The zero-order valence-corrected chi connectivity index (χ0v) is 16.3. The van der Waals surface area contributed by atoms with Crippen molar-refractivity contribution < 1.29 is 19.1 Å². The van der Waals surface area contributed by atoms with Crippen molar-refractivity contribution in [3.8, 4) is 0 Å². The minimum Gasteiger partial charge on any atom is -0.463 e. The Kier molecular flexibility index (Phi) is 6.12. The first-order valence-corrected chi connectivity index (χ1v) is 9.90. The third-order valence-corrected chi connectivity index (χ3v) is 5.50. The molecule has 0 aromatic carbocycles. The highest BCUT2D eigenvalue weighted by Gasteiger charge is 2.31. The van der Waals surface area contributed by atoms with Gasteiger partial charge in [-0.1, -0.05) is 6.07 Å². The highest BCUT2D eigenvalue weighted by molar-refractivity contribution is 7.12. The molecule has 0 spiro atoms. The molecule has 9 heteroatoms. The largest absolute Gasteiger partial charge is 0.463 e. The van der Waals surface area contributed by atoms with Gasteiger partial charge < -0.3 is 20.3 Å². The third kappa shape index (κ3) is 4.48. The molecular formula is C18H24N4O4S. The molecule has 3 heterocycles. The van der Waals surface area contributed by atoms with Gasteiger partial charge in [-0.2, -0.15) is 0 Å². The van der Waals surface area contributed by atoms with Crippen molar-refractivity contribution in [2.75, 3.05) is 39.3 Å². The van der Waals surface area contributed by atoms with Gasteiger partial charge in [0.15, 0.2) is 0 Å². The quantitative estimate of drug-likeness (QED) is 0.731. The molecule has 0 radical (unpaired) electrons. The molecule has 3 rings (SSSR count). The number of nitrogens with one attached hydrogen (secondary N) is 2. The Bertz CT molecular complexity index is 739. The number of carbonyl (C=O) groups is 3. The summed E-state index contributed by atoms with van der Waals surface area (Å²) in [5.41, 5.74) is 1.02. The van der Waals surface area contributed by atoms with Crippen molar-refractivity contribution in [2.24, 2.45) is 0 Å². The monoisotopic (exact) mass is 392 g/mol. The Hall–Kier alpha value is -2.39. The first kappa shape index (κ1) is 19.4. The first-order valence-electron chi connectivity index (χ1n) is 9.02. The van der Waals surface area contributed by atoms with E-state index < -0.39 is 12.0 Å². The summed E-state index contributed by atoms with van der Waals surface area (Å²) >= 11 is 1.44. The Balaban J connectivity index is 1.65. The molecule has 1 aromatic rings. The van der Waals surface area contributed by atoms with Gasteiger partial charge in [0.2, 0.25) is 0 Å². The molecule has 0 unspecified atom stereocenters. The summed E-state index contributed by atoms with van der Waals surface area (Å²) in [6.07, 6.45) is 0. The second kappa shape index (κ2) is 8.53. The van der Waals surface area contributed by atoms with Crippen LogP contribution in [-0.2, 0) is 9.53 Å². The van der Waals surface area contributed by atoms with Gasteiger partial charge in [-0.15, -0.1) is 11.3 Å². The van der Waals surface area contributed by atoms with Crippen LogP contribution in [0.2, 0.25) is 0 Å². The lowest BCUT2D eigenvalue weighted by molar-refractivity contribution is -0.139. The summed E-state index contributed by atoms with van der Waals surface area (Å²) in [6.45, 7) is 6.81. The van der Waals surface area contributed by atoms with Crippen LogP contribution in [0.25, 0.3) is 0 Å². The van der Waals surface area contributed by atoms with Crippen LogP contribution in [-0.4, -0.2) is 73.1 Å². The van der Waals surface area contributed by atoms with E-state index in [0.717, 1.165) is 4.88 Å². The van der Waals surface area contributed by atoms with E-state index in [-0.39, 0.29) is 18.5 Å². The predicted octanol–water partition coefficient (Wildman–Crippen LogP) is 1.02. The van der Waals surface area contributed by atoms with Gasteiger partial charge in [-0.3, -0.25) is 9.69 Å². The Morgan fingerprint density at radius 2 is 2.04 bits per heavy atom. The minimum absolute atomic E-state index is 0.0554. The van der Waals surface area contributed by atoms with E-state index in [1.54, 1.807) is 13.8 Å². The number of esters is 1. The summed E-state index contributed by atoms with van der Waals surface area (Å²) in [5, 5.41) is 7.34. The normalized spacial score (nSPS) is 20.9. The molecule has 0 aliphatic carbocycles. The average Bonchev–Trinajstić information content (AvgIpc) is 3.16. The van der Waals surface area contributed by atoms with Gasteiger partial charge >= 0.3 is 12.0 Å². The lowest BCUT2D eigenvalue weighted by Gasteiger charge is -2.36. The summed E-state index contributed by atoms with van der Waals surface area (Å²) in [6, 6.07) is 2.98. The number of piperazine rings is 1. The van der Waals surface area contributed by atoms with E-state index in [1.807, 2.05) is 22.4 Å². The zero-order chi connectivity index (χ0) is 19.4. The van der Waals surface area contributed by atoms with Gasteiger partial charge in [0, 0.05) is 38.4 Å². The fraction of sp³-hybridized carbons (Fsp3) is 0.500. The zero-order valence-electron chi connectivity index (χ0n) is 15.5. The highest BCUT2D eigenvalue weighted by Crippen LogP contribution is 2.18. The highest BCUT2D eigenvalue weighted by atomic mass is 32.1. The van der Waals surface area contributed by atoms with Gasteiger partial charge in [-0.25, -0.2) is 9.59 Å². The fourth-order valence-corrected chi connectivity index (χ4v) is 3.98. The number of ether oxygens (including phenoxy) is 1. The molecule has 27 heavy (non-hydrogen) atoms. The van der Waals surface area contributed by atoms with Crippen molar-refractivity contribution in [1.82, 2.24) is 20.4 Å². The van der Waals surface area contributed by atoms with Crippen molar-refractivity contribution in [1.29, 1.82) is 0 Å². The SMILES string of the molecule is CCOC(=O)C1=C(CN2CCN(C(=O)c3cccs3)CC2)NC(=O)N[C@H]1C. The molecule has 8 nitrogen and oxygen atoms in total. The van der Waals surface area contributed by atoms with Crippen LogP contribution in [0.4, 0.5) is 4.79 Å². The number of urea groups is 1. The lowest BCUT2D eigenvalue weighted by atomic mass is 10.0. The standard InChI is InChI=1S/C18H24N4O4S/c1-3-26-17(24)15-12(2)19-18(25)20-13(15)11-21-6-8-22(9-7-21)16(23)14-5-4-10-27-14/h4-5,10,12H,3,6-9,11H2,1-2H3,(H2,19,20,25)/t12-/m0/s1. The number of amides is 3. The van der Waals surface area contributed by atoms with E-state index in [0.29, 0.717) is 44.0 Å². The maximum atomic E-state index is 12.4. The topological polar surface area (TPSA) is 91.0 Å². The molecule has 0 saturated carbocycles. The Morgan fingerprint density at radius 1 is 1.30 bits per heavy atom. The van der Waals surface area contributed by atoms with Crippen molar-refractivity contribution in [3.63, 3.8) is 0 Å². The average molecular weight is 392 g/mol. The summed E-state index contributed by atoms with van der Waals surface area (Å²) < 4.78 is 5.14. The summed E-state index contributed by atoms with van der Waals surface area (Å²) in [5.74, 6) is -0.362. The molecule has 1 atom stereocenters. The first-order chi connectivity index (χ1) is 13.0. The lowest BCUT2D eigenvalue weighted by Crippen LogP contribution is -2.54. The number of hydrogen-bond acceptors (Lipinski definition) is 6. The van der Waals surface area contributed by atoms with Gasteiger partial charge in [0.05, 0.1) is 23.1 Å². The maximum absolute atomic E-state index is 12.4. The van der Waals surface area contributed by atoms with Crippen LogP contribution in [0.1, 0.15) is 23.5 Å². The van der Waals surface area contributed by atoms with E-state index in [1.165, 1.54) is 11.3 Å². The summed E-state index contributed by atoms with van der Waals surface area (Å²) in [4.78, 5) is 41.3. The van der Waals surface area contributed by atoms with Crippen LogP contribution in [0.5, 0.6) is 0 Å². The smallest absolute Gasteiger partial charge is 0.337 e. The third-order valence-electron chi connectivity index (χ3n) is 4.64. The maximum Gasteiger partial charge on any atom is 0.337 e. The van der Waals surface area contributed by atoms with E-state index in [9.17, 15) is 14.4 Å². The number of thiophene rings is 1. The van der Waals surface area contributed by atoms with Crippen molar-refractivity contribution >= 4 is 29.2 Å². The molecule has 2 aliphatic heterocycles. The number of hydrogen-bond donors (Lipinski definition) is 2. The second-order valence-electron chi connectivity index (χ2n) is 6.48. The summed E-state index contributed by atoms with van der Waals surface area (Å²) in [7, 11) is 0. The van der Waals surface area contributed by atoms with Crippen LogP contribution in [0.3, 0.4) is 0 Å². The van der Waals surface area contributed by atoms with Crippen LogP contribution < -0.4 is 10.6 Å². The van der Waals surface area contributed by atoms with Crippen LogP contribution >= 0.6 is 11.3 Å².